The van der Waals surface area contributed by atoms with Crippen molar-refractivity contribution in [3.63, 3.8) is 0 Å². The summed E-state index contributed by atoms with van der Waals surface area (Å²) in [5.74, 6) is 2.95. The van der Waals surface area contributed by atoms with Gasteiger partial charge in [-0.1, -0.05) is 24.3 Å². The average molecular weight is 394 g/mol. The molecule has 0 bridgehead atoms. The Morgan fingerprint density at radius 3 is 2.03 bits per heavy atom. The second-order valence-corrected chi connectivity index (χ2v) is 6.85. The van der Waals surface area contributed by atoms with E-state index >= 15 is 0 Å². The first-order valence-electron chi connectivity index (χ1n) is 9.43. The van der Waals surface area contributed by atoms with Crippen LogP contribution in [0.1, 0.15) is 29.9 Å². The van der Waals surface area contributed by atoms with E-state index in [9.17, 15) is 4.79 Å². The van der Waals surface area contributed by atoms with E-state index in [0.29, 0.717) is 29.4 Å². The molecule has 2 aromatic carbocycles. The molecule has 0 spiro atoms. The fraction of sp³-hybridized carbons (Fsp3) is 0.292. The van der Waals surface area contributed by atoms with Crippen LogP contribution < -0.4 is 18.9 Å². The average Bonchev–Trinajstić information content (AvgIpc) is 2.76. The maximum absolute atomic E-state index is 12.3. The van der Waals surface area contributed by atoms with E-state index in [0.717, 1.165) is 23.1 Å². The van der Waals surface area contributed by atoms with Gasteiger partial charge >= 0.3 is 0 Å². The van der Waals surface area contributed by atoms with Crippen LogP contribution in [0.25, 0.3) is 6.08 Å². The van der Waals surface area contributed by atoms with Gasteiger partial charge in [0.05, 0.1) is 28.4 Å². The van der Waals surface area contributed by atoms with Gasteiger partial charge in [-0.3, -0.25) is 4.79 Å². The summed E-state index contributed by atoms with van der Waals surface area (Å²) >= 11 is 0. The van der Waals surface area contributed by atoms with Crippen molar-refractivity contribution in [3.05, 3.63) is 65.3 Å². The van der Waals surface area contributed by atoms with Crippen LogP contribution in [0.4, 0.5) is 0 Å². The summed E-state index contributed by atoms with van der Waals surface area (Å²) in [4.78, 5) is 12.3. The number of carbonyl (C=O) groups excluding carboxylic acids is 1. The van der Waals surface area contributed by atoms with Crippen molar-refractivity contribution in [2.45, 2.75) is 18.8 Å². The lowest BCUT2D eigenvalue weighted by molar-refractivity contribution is -0.115. The number of hydrogen-bond donors (Lipinski definition) is 0. The van der Waals surface area contributed by atoms with Gasteiger partial charge in [0.15, 0.2) is 28.8 Å². The van der Waals surface area contributed by atoms with E-state index in [1.54, 1.807) is 34.5 Å². The standard InChI is InChI=1S/C24H26O5/c1-26-21-9-7-16(13-23(21)28-3)5-6-17-11-19(14-20(25)12-17)18-8-10-22(27-2)24(15-18)29-4/h5-10,12-13,15,19H,11,14H2,1-4H3/b6-5+/t19-/m0/s1. The minimum atomic E-state index is 0.109. The van der Waals surface area contributed by atoms with Gasteiger partial charge < -0.3 is 18.9 Å². The molecule has 29 heavy (non-hydrogen) atoms. The Morgan fingerprint density at radius 1 is 0.759 bits per heavy atom. The molecule has 3 rings (SSSR count). The number of rotatable bonds is 7. The van der Waals surface area contributed by atoms with Gasteiger partial charge in [0.25, 0.3) is 0 Å². The van der Waals surface area contributed by atoms with Crippen molar-refractivity contribution in [2.24, 2.45) is 0 Å². The molecule has 0 amide bonds. The van der Waals surface area contributed by atoms with Gasteiger partial charge in [0.2, 0.25) is 0 Å². The Hall–Kier alpha value is -3.21. The highest BCUT2D eigenvalue weighted by atomic mass is 16.5. The lowest BCUT2D eigenvalue weighted by Gasteiger charge is -2.22. The van der Waals surface area contributed by atoms with Gasteiger partial charge in [-0.25, -0.2) is 0 Å². The van der Waals surface area contributed by atoms with E-state index < -0.39 is 0 Å². The van der Waals surface area contributed by atoms with Crippen molar-refractivity contribution in [3.8, 4) is 23.0 Å². The third-order valence-electron chi connectivity index (χ3n) is 5.05. The minimum absolute atomic E-state index is 0.109. The van der Waals surface area contributed by atoms with Gasteiger partial charge in [-0.15, -0.1) is 0 Å². The number of ether oxygens (including phenoxy) is 4. The second-order valence-electron chi connectivity index (χ2n) is 6.85. The molecule has 0 aromatic heterocycles. The zero-order chi connectivity index (χ0) is 20.8. The summed E-state index contributed by atoms with van der Waals surface area (Å²) in [6.07, 6.45) is 6.98. The molecule has 152 valence electrons. The van der Waals surface area contributed by atoms with E-state index in [1.165, 1.54) is 0 Å². The fourth-order valence-corrected chi connectivity index (χ4v) is 3.54. The Labute approximate surface area is 171 Å². The van der Waals surface area contributed by atoms with Crippen LogP contribution in [-0.4, -0.2) is 34.2 Å². The fourth-order valence-electron chi connectivity index (χ4n) is 3.54. The summed E-state index contributed by atoms with van der Waals surface area (Å²) in [5.41, 5.74) is 3.04. The summed E-state index contributed by atoms with van der Waals surface area (Å²) in [7, 11) is 6.45. The Bertz CT molecular complexity index is 942. The first kappa shape index (κ1) is 20.5. The largest absolute Gasteiger partial charge is 0.493 e. The normalized spacial score (nSPS) is 16.5. The molecule has 0 fully saturated rings. The van der Waals surface area contributed by atoms with Crippen molar-refractivity contribution in [1.29, 1.82) is 0 Å². The number of benzene rings is 2. The third-order valence-corrected chi connectivity index (χ3v) is 5.05. The van der Waals surface area contributed by atoms with Crippen LogP contribution in [0.3, 0.4) is 0 Å². The first-order chi connectivity index (χ1) is 14.1. The predicted octanol–water partition coefficient (Wildman–Crippen LogP) is 4.81. The molecule has 2 aromatic rings. The maximum atomic E-state index is 12.3. The quantitative estimate of drug-likeness (QED) is 0.675. The molecule has 1 atom stereocenters. The lowest BCUT2D eigenvalue weighted by atomic mass is 9.83. The summed E-state index contributed by atoms with van der Waals surface area (Å²) < 4.78 is 21.3. The van der Waals surface area contributed by atoms with Crippen molar-refractivity contribution in [1.82, 2.24) is 0 Å². The van der Waals surface area contributed by atoms with Crippen LogP contribution in [0, 0.1) is 0 Å². The zero-order valence-electron chi connectivity index (χ0n) is 17.2. The smallest absolute Gasteiger partial charge is 0.161 e. The summed E-state index contributed by atoms with van der Waals surface area (Å²) in [6, 6.07) is 11.6. The topological polar surface area (TPSA) is 54.0 Å². The Kier molecular flexibility index (Phi) is 6.60. The minimum Gasteiger partial charge on any atom is -0.493 e. The van der Waals surface area contributed by atoms with Crippen LogP contribution in [-0.2, 0) is 4.79 Å². The SMILES string of the molecule is COc1ccc(/C=C/C2=CC(=O)C[C@@H](c3ccc(OC)c(OC)c3)C2)cc1OC. The molecule has 1 aliphatic rings. The second kappa shape index (κ2) is 9.32. The van der Waals surface area contributed by atoms with Gasteiger partial charge in [-0.05, 0) is 59.4 Å². The maximum Gasteiger partial charge on any atom is 0.161 e. The number of hydrogen-bond acceptors (Lipinski definition) is 5. The predicted molar refractivity (Wildman–Crippen MR) is 113 cm³/mol. The first-order valence-corrected chi connectivity index (χ1v) is 9.43. The Morgan fingerprint density at radius 2 is 1.38 bits per heavy atom. The molecular formula is C24H26O5. The van der Waals surface area contributed by atoms with Gasteiger partial charge in [-0.2, -0.15) is 0 Å². The number of carbonyl (C=O) groups is 1. The molecule has 0 N–H and O–H groups in total. The number of ketones is 1. The molecule has 0 radical (unpaired) electrons. The van der Waals surface area contributed by atoms with E-state index in [1.807, 2.05) is 48.6 Å². The summed E-state index contributed by atoms with van der Waals surface area (Å²) in [5, 5.41) is 0. The van der Waals surface area contributed by atoms with Gasteiger partial charge in [0.1, 0.15) is 0 Å². The molecule has 5 heteroatoms. The number of methoxy groups -OCH3 is 4. The van der Waals surface area contributed by atoms with Crippen LogP contribution in [0.15, 0.2) is 54.1 Å². The molecule has 1 aliphatic carbocycles. The van der Waals surface area contributed by atoms with Crippen LogP contribution in [0.2, 0.25) is 0 Å². The summed E-state index contributed by atoms with van der Waals surface area (Å²) in [6.45, 7) is 0. The third kappa shape index (κ3) is 4.80. The highest BCUT2D eigenvalue weighted by molar-refractivity contribution is 5.92. The van der Waals surface area contributed by atoms with E-state index in [4.69, 9.17) is 18.9 Å². The number of allylic oxidation sites excluding steroid dienone is 3. The monoisotopic (exact) mass is 394 g/mol. The zero-order valence-corrected chi connectivity index (χ0v) is 17.2. The molecule has 0 heterocycles. The molecule has 0 saturated carbocycles. The molecule has 0 saturated heterocycles. The van der Waals surface area contributed by atoms with E-state index in [-0.39, 0.29) is 11.7 Å². The van der Waals surface area contributed by atoms with Crippen molar-refractivity contribution in [2.75, 3.05) is 28.4 Å². The molecule has 0 unspecified atom stereocenters. The van der Waals surface area contributed by atoms with Crippen LogP contribution in [0.5, 0.6) is 23.0 Å². The molecule has 5 nitrogen and oxygen atoms in total. The van der Waals surface area contributed by atoms with Crippen molar-refractivity contribution >= 4 is 11.9 Å². The van der Waals surface area contributed by atoms with Crippen LogP contribution >= 0.6 is 0 Å². The lowest BCUT2D eigenvalue weighted by Crippen LogP contribution is -2.12. The highest BCUT2D eigenvalue weighted by Crippen LogP contribution is 2.37. The molecule has 0 aliphatic heterocycles. The molecular weight excluding hydrogens is 368 g/mol. The van der Waals surface area contributed by atoms with Gasteiger partial charge in [0, 0.05) is 6.42 Å². The van der Waals surface area contributed by atoms with Crippen molar-refractivity contribution < 1.29 is 23.7 Å². The van der Waals surface area contributed by atoms with E-state index in [2.05, 4.69) is 0 Å². The Balaban J connectivity index is 1.79. The highest BCUT2D eigenvalue weighted by Gasteiger charge is 2.22.